The van der Waals surface area contributed by atoms with Crippen molar-refractivity contribution in [2.75, 3.05) is 5.73 Å². The van der Waals surface area contributed by atoms with Gasteiger partial charge in [0.1, 0.15) is 5.60 Å². The lowest BCUT2D eigenvalue weighted by molar-refractivity contribution is 0.0216. The molecule has 0 saturated carbocycles. The van der Waals surface area contributed by atoms with E-state index in [0.717, 1.165) is 11.1 Å². The highest BCUT2D eigenvalue weighted by molar-refractivity contribution is 6.30. The summed E-state index contributed by atoms with van der Waals surface area (Å²) in [6.07, 6.45) is -0.353. The second-order valence-electron chi connectivity index (χ2n) is 6.70. The molecule has 0 aliphatic heterocycles. The third kappa shape index (κ3) is 5.78. The summed E-state index contributed by atoms with van der Waals surface area (Å²) < 4.78 is 5.53. The van der Waals surface area contributed by atoms with Crippen molar-refractivity contribution in [2.45, 2.75) is 39.5 Å². The molecule has 24 heavy (non-hydrogen) atoms. The first-order valence-electron chi connectivity index (χ1n) is 7.80. The molecule has 0 heterocycles. The van der Waals surface area contributed by atoms with Gasteiger partial charge in [0, 0.05) is 23.8 Å². The Morgan fingerprint density at radius 2 is 1.46 bits per heavy atom. The van der Waals surface area contributed by atoms with Crippen molar-refractivity contribution in [3.8, 4) is 0 Å². The highest BCUT2D eigenvalue weighted by Gasteiger charge is 2.22. The highest BCUT2D eigenvalue weighted by Crippen LogP contribution is 2.18. The van der Waals surface area contributed by atoms with Crippen LogP contribution in [-0.4, -0.2) is 16.6 Å². The van der Waals surface area contributed by atoms with Gasteiger partial charge in [-0.1, -0.05) is 35.9 Å². The van der Waals surface area contributed by atoms with Crippen LogP contribution in [0, 0.1) is 0 Å². The van der Waals surface area contributed by atoms with Crippen LogP contribution in [0.5, 0.6) is 0 Å². The second-order valence-corrected chi connectivity index (χ2v) is 7.14. The van der Waals surface area contributed by atoms with Gasteiger partial charge in [-0.05, 0) is 56.2 Å². The number of rotatable bonds is 4. The van der Waals surface area contributed by atoms with Crippen molar-refractivity contribution < 1.29 is 9.53 Å². The van der Waals surface area contributed by atoms with Crippen LogP contribution in [0.25, 0.3) is 0 Å². The number of carbonyl (C=O) groups excluding carboxylic acids is 1. The summed E-state index contributed by atoms with van der Waals surface area (Å²) in [7, 11) is 0. The van der Waals surface area contributed by atoms with E-state index in [4.69, 9.17) is 22.1 Å². The van der Waals surface area contributed by atoms with Gasteiger partial charge in [-0.25, -0.2) is 4.79 Å². The van der Waals surface area contributed by atoms with Crippen molar-refractivity contribution in [1.29, 1.82) is 0 Å². The van der Waals surface area contributed by atoms with Crippen LogP contribution < -0.4 is 5.73 Å². The van der Waals surface area contributed by atoms with Gasteiger partial charge in [-0.2, -0.15) is 0 Å². The van der Waals surface area contributed by atoms with Crippen LogP contribution in [0.3, 0.4) is 0 Å². The Bertz CT molecular complexity index is 629. The Balaban J connectivity index is 2.18. The van der Waals surface area contributed by atoms with Crippen molar-refractivity contribution in [3.05, 3.63) is 64.7 Å². The first kappa shape index (κ1) is 18.1. The number of nitrogen functional groups attached to an aromatic ring is 1. The normalized spacial score (nSPS) is 11.2. The van der Waals surface area contributed by atoms with Crippen LogP contribution >= 0.6 is 11.6 Å². The van der Waals surface area contributed by atoms with Gasteiger partial charge in [-0.3, -0.25) is 4.90 Å². The monoisotopic (exact) mass is 346 g/mol. The molecule has 0 aliphatic carbocycles. The summed E-state index contributed by atoms with van der Waals surface area (Å²) in [6.45, 7) is 6.45. The van der Waals surface area contributed by atoms with Gasteiger partial charge >= 0.3 is 6.09 Å². The van der Waals surface area contributed by atoms with E-state index in [1.54, 1.807) is 4.90 Å². The van der Waals surface area contributed by atoms with Crippen LogP contribution in [-0.2, 0) is 17.8 Å². The standard InChI is InChI=1S/C19H23ClN2O2/c1-19(2,3)24-18(23)22(12-14-4-8-16(20)9-5-14)13-15-6-10-17(21)11-7-15/h4-11H,12-13,21H2,1-3H3. The highest BCUT2D eigenvalue weighted by atomic mass is 35.5. The average molecular weight is 347 g/mol. The van der Waals surface area contributed by atoms with Crippen molar-refractivity contribution >= 4 is 23.4 Å². The van der Waals surface area contributed by atoms with E-state index >= 15 is 0 Å². The number of ether oxygens (including phenoxy) is 1. The third-order valence-electron chi connectivity index (χ3n) is 3.29. The van der Waals surface area contributed by atoms with E-state index in [-0.39, 0.29) is 6.09 Å². The summed E-state index contributed by atoms with van der Waals surface area (Å²) in [4.78, 5) is 14.2. The molecule has 0 atom stereocenters. The number of carbonyl (C=O) groups is 1. The van der Waals surface area contributed by atoms with E-state index < -0.39 is 5.60 Å². The van der Waals surface area contributed by atoms with E-state index in [1.807, 2.05) is 69.3 Å². The minimum absolute atomic E-state index is 0.353. The maximum Gasteiger partial charge on any atom is 0.410 e. The summed E-state index contributed by atoms with van der Waals surface area (Å²) in [5.41, 5.74) is 7.85. The minimum atomic E-state index is -0.545. The lowest BCUT2D eigenvalue weighted by atomic mass is 10.1. The average Bonchev–Trinajstić information content (AvgIpc) is 2.49. The number of benzene rings is 2. The summed E-state index contributed by atoms with van der Waals surface area (Å²) in [5, 5.41) is 0.668. The number of hydrogen-bond acceptors (Lipinski definition) is 3. The molecular weight excluding hydrogens is 324 g/mol. The lowest BCUT2D eigenvalue weighted by Gasteiger charge is -2.27. The van der Waals surface area contributed by atoms with Gasteiger partial charge in [-0.15, -0.1) is 0 Å². The van der Waals surface area contributed by atoms with E-state index in [2.05, 4.69) is 0 Å². The van der Waals surface area contributed by atoms with E-state index in [1.165, 1.54) is 0 Å². The Morgan fingerprint density at radius 3 is 1.92 bits per heavy atom. The molecule has 0 unspecified atom stereocenters. The maximum absolute atomic E-state index is 12.6. The van der Waals surface area contributed by atoms with Gasteiger partial charge in [0.25, 0.3) is 0 Å². The van der Waals surface area contributed by atoms with Crippen LogP contribution in [0.4, 0.5) is 10.5 Å². The zero-order valence-electron chi connectivity index (χ0n) is 14.3. The van der Waals surface area contributed by atoms with Crippen molar-refractivity contribution in [3.63, 3.8) is 0 Å². The van der Waals surface area contributed by atoms with Gasteiger partial charge in [0.05, 0.1) is 0 Å². The molecule has 5 heteroatoms. The molecule has 0 aliphatic rings. The molecule has 0 saturated heterocycles. The number of hydrogen-bond donors (Lipinski definition) is 1. The Kier molecular flexibility index (Phi) is 5.73. The molecule has 0 spiro atoms. The molecule has 128 valence electrons. The second kappa shape index (κ2) is 7.58. The summed E-state index contributed by atoms with van der Waals surface area (Å²) >= 11 is 5.93. The largest absolute Gasteiger partial charge is 0.444 e. The molecule has 2 rings (SSSR count). The predicted octanol–water partition coefficient (Wildman–Crippen LogP) is 4.86. The maximum atomic E-state index is 12.6. The zero-order valence-corrected chi connectivity index (χ0v) is 15.0. The van der Waals surface area contributed by atoms with Crippen molar-refractivity contribution in [2.24, 2.45) is 0 Å². The van der Waals surface area contributed by atoms with Gasteiger partial charge in [0.2, 0.25) is 0 Å². The third-order valence-corrected chi connectivity index (χ3v) is 3.54. The van der Waals surface area contributed by atoms with Crippen molar-refractivity contribution in [1.82, 2.24) is 4.90 Å². The molecule has 0 fully saturated rings. The number of halogens is 1. The van der Waals surface area contributed by atoms with Gasteiger partial charge < -0.3 is 10.5 Å². The van der Waals surface area contributed by atoms with E-state index in [9.17, 15) is 4.79 Å². The predicted molar refractivity (Wildman–Crippen MR) is 97.8 cm³/mol. The quantitative estimate of drug-likeness (QED) is 0.804. The molecule has 0 bridgehead atoms. The molecule has 2 aromatic rings. The molecule has 2 aromatic carbocycles. The Labute approximate surface area is 148 Å². The Hall–Kier alpha value is -2.20. The van der Waals surface area contributed by atoms with Crippen LogP contribution in [0.1, 0.15) is 31.9 Å². The fourth-order valence-corrected chi connectivity index (χ4v) is 2.29. The number of amides is 1. The first-order chi connectivity index (χ1) is 11.2. The molecule has 0 radical (unpaired) electrons. The Morgan fingerprint density at radius 1 is 1.00 bits per heavy atom. The molecule has 2 N–H and O–H groups in total. The molecule has 0 aromatic heterocycles. The van der Waals surface area contributed by atoms with Crippen LogP contribution in [0.15, 0.2) is 48.5 Å². The van der Waals surface area contributed by atoms with E-state index in [0.29, 0.717) is 23.8 Å². The zero-order chi connectivity index (χ0) is 17.7. The number of nitrogens with two attached hydrogens (primary N) is 1. The SMILES string of the molecule is CC(C)(C)OC(=O)N(Cc1ccc(N)cc1)Cc1ccc(Cl)cc1. The van der Waals surface area contributed by atoms with Crippen LogP contribution in [0.2, 0.25) is 5.02 Å². The fourth-order valence-electron chi connectivity index (χ4n) is 2.17. The summed E-state index contributed by atoms with van der Waals surface area (Å²) in [5.74, 6) is 0. The first-order valence-corrected chi connectivity index (χ1v) is 8.17. The lowest BCUT2D eigenvalue weighted by Crippen LogP contribution is -2.36. The number of nitrogens with zero attached hydrogens (tertiary/aromatic N) is 1. The minimum Gasteiger partial charge on any atom is -0.444 e. The fraction of sp³-hybridized carbons (Fsp3) is 0.316. The number of anilines is 1. The molecular formula is C19H23ClN2O2. The molecule has 1 amide bonds. The molecule has 4 nitrogen and oxygen atoms in total. The topological polar surface area (TPSA) is 55.6 Å². The smallest absolute Gasteiger partial charge is 0.410 e. The van der Waals surface area contributed by atoms with Gasteiger partial charge in [0.15, 0.2) is 0 Å². The summed E-state index contributed by atoms with van der Waals surface area (Å²) in [6, 6.07) is 14.9.